The predicted octanol–water partition coefficient (Wildman–Crippen LogP) is -3.19. The monoisotopic (exact) mass is 204 g/mol. The Kier molecular flexibility index (Phi) is 24.4. The molecule has 1 radical (unpaired) electrons. The van der Waals surface area contributed by atoms with Crippen LogP contribution in [0.15, 0.2) is 0 Å². The first-order valence-electron chi connectivity index (χ1n) is 0.463. The fraction of sp³-hybridized carbons (Fsp3) is 0. The normalized spacial score (nSPS) is 6.00. The molecule has 0 saturated heterocycles. The third-order valence-electron chi connectivity index (χ3n) is 0. The van der Waals surface area contributed by atoms with E-state index in [2.05, 4.69) is 0 Å². The van der Waals surface area contributed by atoms with Crippen LogP contribution in [0.1, 0.15) is 0 Å². The number of hydrogen-bond donors (Lipinski definition) is 1. The van der Waals surface area contributed by atoms with E-state index in [-0.39, 0.29) is 25.6 Å². The minimum absolute atomic E-state index is 0. The first-order valence-corrected chi connectivity index (χ1v) is 1.39. The number of rotatable bonds is 0. The molecule has 0 saturated carbocycles. The first kappa shape index (κ1) is 15.9. The third-order valence-corrected chi connectivity index (χ3v) is 0. The maximum atomic E-state index is 8.41. The zero-order valence-electron chi connectivity index (χ0n) is 2.94. The molecule has 0 heterocycles. The van der Waals surface area contributed by atoms with E-state index in [9.17, 15) is 0 Å². The first-order chi connectivity index (χ1) is 1.73. The number of quaternary nitrogens is 1. The number of hydrogen-bond acceptors (Lipinski definition) is 3. The molecule has 0 rings (SSSR count). The molecule has 0 fully saturated rings. The Hall–Kier alpha value is 0.753. The molecule has 0 aliphatic heterocycles. The van der Waals surface area contributed by atoms with Crippen LogP contribution in [0.2, 0.25) is 0 Å². The summed E-state index contributed by atoms with van der Waals surface area (Å²) < 4.78 is 25.2. The Balaban J connectivity index is -0.0000000450. The third kappa shape index (κ3) is 118. The van der Waals surface area contributed by atoms with Crippen molar-refractivity contribution in [1.82, 2.24) is 6.15 Å². The standard InChI is InChI=1S/ClO3.H3N.Rh/c2-1(3)4;;/h;1H3;/q-1;;/p+1. The van der Waals surface area contributed by atoms with Gasteiger partial charge >= 0.3 is 0 Å². The van der Waals surface area contributed by atoms with Crippen LogP contribution in [-0.2, 0) is 19.5 Å². The Morgan fingerprint density at radius 3 is 1.00 bits per heavy atom. The molecular weight excluding hydrogens is 200 g/mol. The zero-order chi connectivity index (χ0) is 3.58. The summed E-state index contributed by atoms with van der Waals surface area (Å²) in [5.41, 5.74) is 0. The fourth-order valence-corrected chi connectivity index (χ4v) is 0. The van der Waals surface area contributed by atoms with E-state index in [1.807, 2.05) is 0 Å². The predicted molar refractivity (Wildman–Crippen MR) is 5.98 cm³/mol. The van der Waals surface area contributed by atoms with Crippen molar-refractivity contribution in [2.24, 2.45) is 0 Å². The average molecular weight is 204 g/mol. The molecule has 0 aliphatic rings. The van der Waals surface area contributed by atoms with Gasteiger partial charge in [0.05, 0.1) is 10.8 Å². The molecular formula is H4ClNO3Rh. The summed E-state index contributed by atoms with van der Waals surface area (Å²) in [6, 6.07) is 0. The molecule has 6 heavy (non-hydrogen) atoms. The van der Waals surface area contributed by atoms with E-state index in [1.54, 1.807) is 0 Å². The van der Waals surface area contributed by atoms with Crippen molar-refractivity contribution < 1.29 is 44.2 Å². The maximum Gasteiger partial charge on any atom is 0.0695 e. The van der Waals surface area contributed by atoms with Gasteiger partial charge in [0.2, 0.25) is 0 Å². The summed E-state index contributed by atoms with van der Waals surface area (Å²) >= 11 is 0. The molecule has 0 unspecified atom stereocenters. The van der Waals surface area contributed by atoms with Crippen molar-refractivity contribution in [3.63, 3.8) is 0 Å². The molecule has 0 atom stereocenters. The van der Waals surface area contributed by atoms with Crippen LogP contribution in [0.25, 0.3) is 0 Å². The second-order valence-electron chi connectivity index (χ2n) is 0.189. The zero-order valence-corrected chi connectivity index (χ0v) is 5.33. The minimum Gasteiger partial charge on any atom is -0.369 e. The largest absolute Gasteiger partial charge is 0.369 e. The van der Waals surface area contributed by atoms with Crippen molar-refractivity contribution in [2.75, 3.05) is 0 Å². The number of halogens is 1. The van der Waals surface area contributed by atoms with Gasteiger partial charge in [-0.05, 0) is 0 Å². The summed E-state index contributed by atoms with van der Waals surface area (Å²) in [5, 5.41) is 0. The topological polar surface area (TPSA) is 106 Å². The Morgan fingerprint density at radius 2 is 1.00 bits per heavy atom. The fourth-order valence-electron chi connectivity index (χ4n) is 0. The summed E-state index contributed by atoms with van der Waals surface area (Å²) in [5.74, 6) is 0. The van der Waals surface area contributed by atoms with Gasteiger partial charge in [-0.2, -0.15) is 0 Å². The van der Waals surface area contributed by atoms with Crippen LogP contribution < -0.4 is 20.1 Å². The van der Waals surface area contributed by atoms with Crippen LogP contribution in [0.3, 0.4) is 0 Å². The van der Waals surface area contributed by atoms with E-state index in [4.69, 9.17) is 14.0 Å². The van der Waals surface area contributed by atoms with E-state index < -0.39 is 10.8 Å². The molecule has 0 aromatic rings. The van der Waals surface area contributed by atoms with Crippen molar-refractivity contribution in [2.45, 2.75) is 0 Å². The molecule has 0 amide bonds. The van der Waals surface area contributed by atoms with Gasteiger partial charge in [-0.1, -0.05) is 0 Å². The van der Waals surface area contributed by atoms with Crippen LogP contribution in [0, 0.1) is 10.8 Å². The summed E-state index contributed by atoms with van der Waals surface area (Å²) in [6.45, 7) is 0. The van der Waals surface area contributed by atoms with Gasteiger partial charge in [0.25, 0.3) is 0 Å². The van der Waals surface area contributed by atoms with Gasteiger partial charge in [0, 0.05) is 19.5 Å². The van der Waals surface area contributed by atoms with Gasteiger partial charge in [-0.15, -0.1) is 0 Å². The molecule has 0 bridgehead atoms. The van der Waals surface area contributed by atoms with Crippen LogP contribution in [0.5, 0.6) is 0 Å². The smallest absolute Gasteiger partial charge is 0.0695 e. The van der Waals surface area contributed by atoms with Gasteiger partial charge in [-0.3, -0.25) is 0 Å². The molecule has 6 heteroatoms. The van der Waals surface area contributed by atoms with E-state index >= 15 is 0 Å². The minimum atomic E-state index is -2.85. The molecule has 0 spiro atoms. The molecule has 0 aliphatic carbocycles. The van der Waals surface area contributed by atoms with Gasteiger partial charge in [-0.25, -0.2) is 0 Å². The van der Waals surface area contributed by atoms with Crippen LogP contribution >= 0.6 is 0 Å². The van der Waals surface area contributed by atoms with Gasteiger partial charge in [0.1, 0.15) is 0 Å². The summed E-state index contributed by atoms with van der Waals surface area (Å²) in [7, 11) is -2.85. The Labute approximate surface area is 50.9 Å². The SMILES string of the molecule is [NH4+].[O-][Cl+2]([O-])[O-].[Rh]. The van der Waals surface area contributed by atoms with Crippen molar-refractivity contribution in [3.05, 3.63) is 0 Å². The second-order valence-corrected chi connectivity index (χ2v) is 0.567. The second kappa shape index (κ2) is 9.23. The molecule has 4 N–H and O–H groups in total. The quantitative estimate of drug-likeness (QED) is 0.420. The van der Waals surface area contributed by atoms with Gasteiger partial charge < -0.3 is 20.1 Å². The van der Waals surface area contributed by atoms with Crippen molar-refractivity contribution in [3.8, 4) is 0 Å². The maximum absolute atomic E-state index is 8.41. The van der Waals surface area contributed by atoms with Crippen molar-refractivity contribution in [1.29, 1.82) is 0 Å². The van der Waals surface area contributed by atoms with E-state index in [1.165, 1.54) is 0 Å². The summed E-state index contributed by atoms with van der Waals surface area (Å²) in [6.07, 6.45) is 0. The van der Waals surface area contributed by atoms with Crippen LogP contribution in [-0.4, -0.2) is 0 Å². The Morgan fingerprint density at radius 1 is 1.00 bits per heavy atom. The van der Waals surface area contributed by atoms with E-state index in [0.29, 0.717) is 0 Å². The molecule has 43 valence electrons. The molecule has 0 aromatic carbocycles. The summed E-state index contributed by atoms with van der Waals surface area (Å²) in [4.78, 5) is 0. The van der Waals surface area contributed by atoms with Crippen molar-refractivity contribution >= 4 is 0 Å². The Bertz CT molecular complexity index is 15.5. The van der Waals surface area contributed by atoms with E-state index in [0.717, 1.165) is 0 Å². The average Bonchev–Trinajstić information content (AvgIpc) is 0.811. The van der Waals surface area contributed by atoms with Crippen LogP contribution in [0.4, 0.5) is 0 Å². The van der Waals surface area contributed by atoms with Gasteiger partial charge in [0.15, 0.2) is 0 Å². The molecule has 0 aromatic heterocycles. The molecule has 4 nitrogen and oxygen atoms in total.